The average molecular weight is 362 g/mol. The first-order chi connectivity index (χ1) is 13.2. The molecule has 3 saturated heterocycles. The van der Waals surface area contributed by atoms with Crippen LogP contribution in [0.25, 0.3) is 0 Å². The number of carbonyl (C=O) groups is 1. The van der Waals surface area contributed by atoms with Crippen LogP contribution in [-0.2, 0) is 0 Å². The van der Waals surface area contributed by atoms with Crippen molar-refractivity contribution in [3.63, 3.8) is 0 Å². The Kier molecular flexibility index (Phi) is 4.05. The SMILES string of the molecule is NC(=O)N(C1CN2CCC1CC2)N1CC(c2ccccc2)c2ccccc21. The summed E-state index contributed by atoms with van der Waals surface area (Å²) in [5.41, 5.74) is 9.62. The molecule has 2 aromatic rings. The van der Waals surface area contributed by atoms with E-state index in [9.17, 15) is 4.79 Å². The van der Waals surface area contributed by atoms with Crippen molar-refractivity contribution in [2.45, 2.75) is 24.8 Å². The molecule has 0 aliphatic carbocycles. The smallest absolute Gasteiger partial charge is 0.333 e. The highest BCUT2D eigenvalue weighted by atomic mass is 16.2. The molecular weight excluding hydrogens is 336 g/mol. The predicted octanol–water partition coefficient (Wildman–Crippen LogP) is 3.03. The van der Waals surface area contributed by atoms with Gasteiger partial charge in [-0.1, -0.05) is 48.5 Å². The molecule has 4 aliphatic heterocycles. The zero-order chi connectivity index (χ0) is 18.4. The highest BCUT2D eigenvalue weighted by Crippen LogP contribution is 2.42. The van der Waals surface area contributed by atoms with Gasteiger partial charge in [-0.05, 0) is 49.0 Å². The number of nitrogens with two attached hydrogens (primary N) is 1. The summed E-state index contributed by atoms with van der Waals surface area (Å²) in [6, 6.07) is 18.8. The summed E-state index contributed by atoms with van der Waals surface area (Å²) in [5.74, 6) is 0.802. The fourth-order valence-electron chi connectivity index (χ4n) is 5.23. The third kappa shape index (κ3) is 2.77. The molecule has 2 amide bonds. The first kappa shape index (κ1) is 16.6. The number of rotatable bonds is 3. The number of hydrogen-bond acceptors (Lipinski definition) is 3. The van der Waals surface area contributed by atoms with Gasteiger partial charge >= 0.3 is 6.03 Å². The number of carbonyl (C=O) groups excluding carboxylic acids is 1. The van der Waals surface area contributed by atoms with Crippen molar-refractivity contribution in [3.05, 3.63) is 65.7 Å². The maximum atomic E-state index is 12.6. The van der Waals surface area contributed by atoms with Gasteiger partial charge in [0, 0.05) is 12.5 Å². The molecule has 6 rings (SSSR count). The van der Waals surface area contributed by atoms with E-state index >= 15 is 0 Å². The third-order valence-corrected chi connectivity index (χ3v) is 6.57. The number of urea groups is 1. The quantitative estimate of drug-likeness (QED) is 0.913. The third-order valence-electron chi connectivity index (χ3n) is 6.57. The maximum absolute atomic E-state index is 12.6. The lowest BCUT2D eigenvalue weighted by molar-refractivity contribution is 0.0198. The highest BCUT2D eigenvalue weighted by molar-refractivity contribution is 5.77. The van der Waals surface area contributed by atoms with Gasteiger partial charge in [-0.3, -0.25) is 5.01 Å². The lowest BCUT2D eigenvalue weighted by atomic mass is 9.83. The Morgan fingerprint density at radius 1 is 0.963 bits per heavy atom. The molecule has 4 aliphatic rings. The Hall–Kier alpha value is -2.53. The molecule has 0 saturated carbocycles. The van der Waals surface area contributed by atoms with Gasteiger partial charge in [-0.2, -0.15) is 0 Å². The average Bonchev–Trinajstić information content (AvgIpc) is 3.09. The summed E-state index contributed by atoms with van der Waals surface area (Å²) in [4.78, 5) is 15.1. The first-order valence-corrected chi connectivity index (χ1v) is 9.94. The van der Waals surface area contributed by atoms with Crippen LogP contribution in [0.3, 0.4) is 0 Å². The van der Waals surface area contributed by atoms with Gasteiger partial charge in [0.2, 0.25) is 0 Å². The molecule has 4 heterocycles. The zero-order valence-corrected chi connectivity index (χ0v) is 15.5. The summed E-state index contributed by atoms with van der Waals surface area (Å²) >= 11 is 0. The summed E-state index contributed by atoms with van der Waals surface area (Å²) in [5, 5.41) is 4.03. The molecular formula is C22H26N4O. The second-order valence-electron chi connectivity index (χ2n) is 7.99. The van der Waals surface area contributed by atoms with Gasteiger partial charge < -0.3 is 10.6 Å². The van der Waals surface area contributed by atoms with Crippen LogP contribution in [0, 0.1) is 5.92 Å². The number of anilines is 1. The van der Waals surface area contributed by atoms with Crippen molar-refractivity contribution < 1.29 is 4.79 Å². The van der Waals surface area contributed by atoms with Crippen molar-refractivity contribution >= 4 is 11.7 Å². The van der Waals surface area contributed by atoms with Crippen LogP contribution < -0.4 is 10.7 Å². The minimum absolute atomic E-state index is 0.174. The summed E-state index contributed by atoms with van der Waals surface area (Å²) < 4.78 is 0. The molecule has 140 valence electrons. The van der Waals surface area contributed by atoms with Gasteiger partial charge in [0.05, 0.1) is 18.3 Å². The molecule has 2 bridgehead atoms. The Balaban J connectivity index is 1.52. The monoisotopic (exact) mass is 362 g/mol. The number of para-hydroxylation sites is 1. The molecule has 5 heteroatoms. The van der Waals surface area contributed by atoms with Gasteiger partial charge in [0.15, 0.2) is 0 Å². The number of piperidine rings is 3. The van der Waals surface area contributed by atoms with Crippen LogP contribution in [0.5, 0.6) is 0 Å². The standard InChI is InChI=1S/C22H26N4O/c23-22(27)26(21-15-24-12-10-17(21)11-13-24)25-14-19(16-6-2-1-3-7-16)18-8-4-5-9-20(18)25/h1-9,17,19,21H,10-15H2,(H2,23,27). The summed E-state index contributed by atoms with van der Waals surface area (Å²) in [6.45, 7) is 3.99. The van der Waals surface area contributed by atoms with E-state index in [1.807, 2.05) is 11.1 Å². The van der Waals surface area contributed by atoms with Crippen molar-refractivity contribution in [3.8, 4) is 0 Å². The summed E-state index contributed by atoms with van der Waals surface area (Å²) in [6.07, 6.45) is 2.32. The Morgan fingerprint density at radius 2 is 1.67 bits per heavy atom. The number of hydrogen-bond donors (Lipinski definition) is 1. The van der Waals surface area contributed by atoms with Gasteiger partial charge in [-0.25, -0.2) is 9.80 Å². The number of benzene rings is 2. The predicted molar refractivity (Wildman–Crippen MR) is 106 cm³/mol. The van der Waals surface area contributed by atoms with E-state index in [4.69, 9.17) is 5.73 Å². The zero-order valence-electron chi connectivity index (χ0n) is 15.5. The van der Waals surface area contributed by atoms with E-state index in [1.54, 1.807) is 0 Å². The van der Waals surface area contributed by atoms with Crippen LogP contribution in [0.2, 0.25) is 0 Å². The summed E-state index contributed by atoms with van der Waals surface area (Å²) in [7, 11) is 0. The van der Waals surface area contributed by atoms with Crippen molar-refractivity contribution in [2.24, 2.45) is 11.7 Å². The Morgan fingerprint density at radius 3 is 2.33 bits per heavy atom. The van der Waals surface area contributed by atoms with Crippen molar-refractivity contribution in [1.82, 2.24) is 9.91 Å². The van der Waals surface area contributed by atoms with Crippen LogP contribution in [0.4, 0.5) is 10.5 Å². The van der Waals surface area contributed by atoms with Gasteiger partial charge in [-0.15, -0.1) is 0 Å². The van der Waals surface area contributed by atoms with Crippen molar-refractivity contribution in [2.75, 3.05) is 31.2 Å². The van der Waals surface area contributed by atoms with Crippen LogP contribution in [0.1, 0.15) is 29.9 Å². The van der Waals surface area contributed by atoms with Gasteiger partial charge in [0.1, 0.15) is 0 Å². The molecule has 2 aromatic carbocycles. The highest BCUT2D eigenvalue weighted by Gasteiger charge is 2.44. The lowest BCUT2D eigenvalue weighted by Gasteiger charge is -2.50. The number of hydrazine groups is 1. The molecule has 27 heavy (non-hydrogen) atoms. The topological polar surface area (TPSA) is 52.8 Å². The van der Waals surface area contributed by atoms with E-state index in [2.05, 4.69) is 58.4 Å². The largest absolute Gasteiger partial charge is 0.350 e. The fraction of sp³-hybridized carbons (Fsp3) is 0.409. The molecule has 5 nitrogen and oxygen atoms in total. The molecule has 0 aromatic heterocycles. The fourth-order valence-corrected chi connectivity index (χ4v) is 5.23. The Labute approximate surface area is 160 Å². The second kappa shape index (κ2) is 6.57. The molecule has 0 radical (unpaired) electrons. The lowest BCUT2D eigenvalue weighted by Crippen LogP contribution is -2.64. The molecule has 2 unspecified atom stereocenters. The van der Waals surface area contributed by atoms with E-state index in [0.717, 1.165) is 44.7 Å². The minimum atomic E-state index is -0.336. The molecule has 2 N–H and O–H groups in total. The van der Waals surface area contributed by atoms with E-state index in [-0.39, 0.29) is 18.0 Å². The van der Waals surface area contributed by atoms with Gasteiger partial charge in [0.25, 0.3) is 0 Å². The maximum Gasteiger partial charge on any atom is 0.333 e. The number of nitrogens with zero attached hydrogens (tertiary/aromatic N) is 3. The number of amides is 2. The second-order valence-corrected chi connectivity index (χ2v) is 7.99. The molecule has 0 spiro atoms. The number of primary amides is 1. The van der Waals surface area contributed by atoms with E-state index in [1.165, 1.54) is 11.1 Å². The first-order valence-electron chi connectivity index (χ1n) is 9.94. The molecule has 2 atom stereocenters. The van der Waals surface area contributed by atoms with Crippen LogP contribution in [-0.4, -0.2) is 48.2 Å². The van der Waals surface area contributed by atoms with Crippen molar-refractivity contribution in [1.29, 1.82) is 0 Å². The van der Waals surface area contributed by atoms with Crippen LogP contribution in [0.15, 0.2) is 54.6 Å². The number of fused-ring (bicyclic) bond motifs is 4. The minimum Gasteiger partial charge on any atom is -0.350 e. The van der Waals surface area contributed by atoms with Crippen LogP contribution >= 0.6 is 0 Å². The van der Waals surface area contributed by atoms with E-state index < -0.39 is 0 Å². The Bertz CT molecular complexity index is 831. The molecule has 3 fully saturated rings. The van der Waals surface area contributed by atoms with E-state index in [0.29, 0.717) is 5.92 Å². The normalized spacial score (nSPS) is 28.8.